The van der Waals surface area contributed by atoms with Crippen molar-refractivity contribution in [3.05, 3.63) is 64.8 Å². The van der Waals surface area contributed by atoms with Gasteiger partial charge in [-0.15, -0.1) is 0 Å². The molecule has 0 aromatic heterocycles. The molecule has 0 aliphatic carbocycles. The van der Waals surface area contributed by atoms with E-state index in [-0.39, 0.29) is 22.6 Å². The van der Waals surface area contributed by atoms with Crippen molar-refractivity contribution >= 4 is 17.9 Å². The Labute approximate surface area is 148 Å². The van der Waals surface area contributed by atoms with Crippen LogP contribution in [0.2, 0.25) is 0 Å². The van der Waals surface area contributed by atoms with Crippen molar-refractivity contribution in [2.75, 3.05) is 0 Å². The van der Waals surface area contributed by atoms with Crippen molar-refractivity contribution in [1.29, 1.82) is 0 Å². The Hall–Kier alpha value is -2.88. The minimum absolute atomic E-state index is 0.00148. The average Bonchev–Trinajstić information content (AvgIpc) is 2.93. The van der Waals surface area contributed by atoms with Crippen molar-refractivity contribution in [2.45, 2.75) is 19.3 Å². The fraction of sp³-hybridized carbons (Fsp3) is 0.176. The fourth-order valence-corrected chi connectivity index (χ4v) is 2.94. The molecule has 4 nitrogen and oxygen atoms in total. The van der Waals surface area contributed by atoms with E-state index in [2.05, 4.69) is 4.99 Å². The average molecular weight is 389 g/mol. The number of aliphatic carboxylic acids is 1. The number of aryl methyl sites for hydroxylation is 1. The Morgan fingerprint density at radius 2 is 1.74 bits per heavy atom. The number of halogens is 6. The van der Waals surface area contributed by atoms with Gasteiger partial charge in [0.05, 0.1) is 11.8 Å². The van der Waals surface area contributed by atoms with Crippen molar-refractivity contribution in [3.8, 4) is 0 Å². The highest BCUT2D eigenvalue weighted by Gasteiger charge is 2.48. The maximum Gasteiger partial charge on any atom is 0.421 e. The van der Waals surface area contributed by atoms with Gasteiger partial charge in [-0.05, 0) is 18.6 Å². The van der Waals surface area contributed by atoms with Gasteiger partial charge in [0, 0.05) is 18.2 Å². The van der Waals surface area contributed by atoms with Crippen LogP contribution in [-0.4, -0.2) is 23.5 Å². The summed E-state index contributed by atoms with van der Waals surface area (Å²) >= 11 is 0. The molecular formula is C17H11F6N2O2+. The molecule has 1 aromatic carbocycles. The summed E-state index contributed by atoms with van der Waals surface area (Å²) < 4.78 is 77.6. The highest BCUT2D eigenvalue weighted by molar-refractivity contribution is 6.09. The van der Waals surface area contributed by atoms with E-state index >= 15 is 0 Å². The summed E-state index contributed by atoms with van der Waals surface area (Å²) in [5.74, 6) is -1.60. The number of carbonyl (C=O) groups is 1. The number of alkyl halides is 6. The molecule has 0 bridgehead atoms. The van der Waals surface area contributed by atoms with Crippen LogP contribution in [0.1, 0.15) is 11.1 Å². The maximum absolute atomic E-state index is 13.2. The van der Waals surface area contributed by atoms with E-state index in [1.165, 1.54) is 6.92 Å². The quantitative estimate of drug-likeness (QED) is 0.590. The third-order valence-electron chi connectivity index (χ3n) is 4.20. The lowest BCUT2D eigenvalue weighted by atomic mass is 10.1. The molecule has 0 fully saturated rings. The smallest absolute Gasteiger partial charge is 0.421 e. The van der Waals surface area contributed by atoms with Gasteiger partial charge in [0.25, 0.3) is 0 Å². The van der Waals surface area contributed by atoms with Gasteiger partial charge >= 0.3 is 18.3 Å². The third kappa shape index (κ3) is 3.16. The molecule has 0 saturated heterocycles. The number of benzene rings is 1. The van der Waals surface area contributed by atoms with E-state index in [0.717, 1.165) is 42.9 Å². The largest absolute Gasteiger partial charge is 0.477 e. The first-order valence-corrected chi connectivity index (χ1v) is 7.44. The number of rotatable bonds is 2. The molecule has 1 unspecified atom stereocenters. The minimum Gasteiger partial charge on any atom is -0.477 e. The molecule has 1 atom stereocenters. The van der Waals surface area contributed by atoms with E-state index in [1.54, 1.807) is 0 Å². The van der Waals surface area contributed by atoms with Gasteiger partial charge in [-0.25, -0.2) is 9.79 Å². The van der Waals surface area contributed by atoms with Gasteiger partial charge in [0.15, 0.2) is 0 Å². The number of hydrogen-bond donors (Lipinski definition) is 1. The SMILES string of the molecule is Cc1cc([N+]23C=C(C(=O)O)C=NC2=CC(C(F)(F)F)=C3)ccc1C(F)(F)F. The first kappa shape index (κ1) is 18.9. The van der Waals surface area contributed by atoms with Crippen molar-refractivity contribution in [1.82, 2.24) is 4.48 Å². The van der Waals surface area contributed by atoms with E-state index in [1.807, 2.05) is 0 Å². The zero-order valence-corrected chi connectivity index (χ0v) is 13.6. The van der Waals surface area contributed by atoms with E-state index < -0.39 is 33.9 Å². The number of aliphatic imine (C=N–C) groups is 1. The predicted molar refractivity (Wildman–Crippen MR) is 84.4 cm³/mol. The molecule has 2 heterocycles. The van der Waals surface area contributed by atoms with Crippen LogP contribution in [0.4, 0.5) is 32.0 Å². The molecule has 2 aliphatic heterocycles. The van der Waals surface area contributed by atoms with E-state index in [9.17, 15) is 36.2 Å². The molecule has 0 spiro atoms. The normalized spacial score (nSPS) is 22.1. The lowest BCUT2D eigenvalue weighted by molar-refractivity contribution is -0.138. The standard InChI is InChI=1S/C17H10F6N2O2/c1-9-4-12(2-3-13(9)17(21,22)23)25-7-10(15(26)27)6-24-14(25)5-11(8-25)16(18,19)20/h2-8H,1H3/p+1. The van der Waals surface area contributed by atoms with Crippen molar-refractivity contribution in [3.63, 3.8) is 0 Å². The Morgan fingerprint density at radius 1 is 1.07 bits per heavy atom. The fourth-order valence-electron chi connectivity index (χ4n) is 2.94. The summed E-state index contributed by atoms with van der Waals surface area (Å²) in [5.41, 5.74) is -2.60. The Kier molecular flexibility index (Phi) is 4.07. The number of fused-ring (bicyclic) bond motifs is 1. The summed E-state index contributed by atoms with van der Waals surface area (Å²) in [5, 5.41) is 9.17. The van der Waals surface area contributed by atoms with E-state index in [4.69, 9.17) is 0 Å². The Bertz CT molecular complexity index is 953. The second-order valence-corrected chi connectivity index (χ2v) is 6.01. The van der Waals surface area contributed by atoms with Crippen LogP contribution >= 0.6 is 0 Å². The predicted octanol–water partition coefficient (Wildman–Crippen LogP) is 4.68. The van der Waals surface area contributed by atoms with Gasteiger partial charge in [0.1, 0.15) is 29.2 Å². The van der Waals surface area contributed by atoms with Crippen LogP contribution in [0.25, 0.3) is 0 Å². The zero-order chi connectivity index (χ0) is 20.2. The van der Waals surface area contributed by atoms with E-state index in [0.29, 0.717) is 0 Å². The zero-order valence-electron chi connectivity index (χ0n) is 13.6. The molecule has 142 valence electrons. The number of nitrogens with zero attached hydrogens (tertiary/aromatic N) is 2. The number of carboxylic acids is 1. The summed E-state index contributed by atoms with van der Waals surface area (Å²) in [4.78, 5) is 15.1. The minimum atomic E-state index is -4.73. The Balaban J connectivity index is 2.24. The van der Waals surface area contributed by atoms with Gasteiger partial charge in [-0.3, -0.25) is 0 Å². The van der Waals surface area contributed by atoms with Crippen LogP contribution in [0.15, 0.2) is 58.6 Å². The molecule has 10 heteroatoms. The molecule has 3 rings (SSSR count). The lowest BCUT2D eigenvalue weighted by Gasteiger charge is -2.30. The van der Waals surface area contributed by atoms with Gasteiger partial charge in [-0.1, -0.05) is 0 Å². The number of carboxylic acid groups (broad SMARTS) is 1. The Morgan fingerprint density at radius 3 is 2.26 bits per heavy atom. The molecule has 27 heavy (non-hydrogen) atoms. The topological polar surface area (TPSA) is 49.7 Å². The van der Waals surface area contributed by atoms with Crippen molar-refractivity contribution in [2.24, 2.45) is 4.99 Å². The molecule has 0 saturated carbocycles. The van der Waals surface area contributed by atoms with Crippen LogP contribution in [0.3, 0.4) is 0 Å². The first-order valence-electron chi connectivity index (χ1n) is 7.44. The molecule has 1 aromatic rings. The molecule has 0 amide bonds. The highest BCUT2D eigenvalue weighted by atomic mass is 19.4. The highest BCUT2D eigenvalue weighted by Crippen LogP contribution is 2.45. The second-order valence-electron chi connectivity index (χ2n) is 6.01. The maximum atomic E-state index is 13.2. The van der Waals surface area contributed by atoms with Crippen LogP contribution < -0.4 is 4.48 Å². The second kappa shape index (κ2) is 5.81. The van der Waals surface area contributed by atoms with Crippen LogP contribution in [-0.2, 0) is 11.0 Å². The summed E-state index contributed by atoms with van der Waals surface area (Å²) in [6.45, 7) is 1.17. The molecular weight excluding hydrogens is 378 g/mol. The van der Waals surface area contributed by atoms with Gasteiger partial charge in [0.2, 0.25) is 5.82 Å². The monoisotopic (exact) mass is 389 g/mol. The number of allylic oxidation sites excluding steroid dienone is 2. The van der Waals surface area contributed by atoms with Crippen LogP contribution in [0, 0.1) is 6.92 Å². The number of hydrogen-bond acceptors (Lipinski definition) is 2. The summed E-state index contributed by atoms with van der Waals surface area (Å²) in [6, 6.07) is 2.83. The lowest BCUT2D eigenvalue weighted by Crippen LogP contribution is -2.38. The first-order chi connectivity index (χ1) is 12.3. The third-order valence-corrected chi connectivity index (χ3v) is 4.20. The van der Waals surface area contributed by atoms with Gasteiger partial charge < -0.3 is 5.11 Å². The van der Waals surface area contributed by atoms with Gasteiger partial charge in [-0.2, -0.15) is 30.8 Å². The molecule has 0 radical (unpaired) electrons. The number of quaternary nitrogens is 1. The van der Waals surface area contributed by atoms with Crippen LogP contribution in [0.5, 0.6) is 0 Å². The summed E-state index contributed by atoms with van der Waals surface area (Å²) in [7, 11) is 0. The molecule has 1 N–H and O–H groups in total. The summed E-state index contributed by atoms with van der Waals surface area (Å²) in [6.07, 6.45) is -6.00. The van der Waals surface area contributed by atoms with Crippen molar-refractivity contribution < 1.29 is 36.2 Å². The molecule has 2 aliphatic rings.